The Labute approximate surface area is 142 Å². The number of fused-ring (bicyclic) bond motifs is 1. The van der Waals surface area contributed by atoms with E-state index >= 15 is 0 Å². The zero-order chi connectivity index (χ0) is 16.5. The fourth-order valence-electron chi connectivity index (χ4n) is 2.55. The van der Waals surface area contributed by atoms with Gasteiger partial charge in [0.1, 0.15) is 0 Å². The van der Waals surface area contributed by atoms with Crippen LogP contribution in [0.3, 0.4) is 0 Å². The van der Waals surface area contributed by atoms with Gasteiger partial charge in [-0.1, -0.05) is 6.42 Å². The third-order valence-corrected chi connectivity index (χ3v) is 5.13. The highest BCUT2D eigenvalue weighted by molar-refractivity contribution is 7.20. The number of aromatic nitrogens is 3. The van der Waals surface area contributed by atoms with Gasteiger partial charge in [0.2, 0.25) is 16.8 Å². The molecule has 24 heavy (non-hydrogen) atoms. The molecule has 0 unspecified atom stereocenters. The second-order valence-electron chi connectivity index (χ2n) is 5.71. The summed E-state index contributed by atoms with van der Waals surface area (Å²) in [4.78, 5) is 15.8. The number of methoxy groups -OCH3 is 1. The van der Waals surface area contributed by atoms with Gasteiger partial charge in [-0.2, -0.15) is 0 Å². The number of rotatable bonds is 5. The molecule has 0 amide bonds. The van der Waals surface area contributed by atoms with Crippen molar-refractivity contribution in [1.82, 2.24) is 15.2 Å². The van der Waals surface area contributed by atoms with Crippen molar-refractivity contribution in [2.75, 3.05) is 12.4 Å². The molecule has 0 spiro atoms. The minimum absolute atomic E-state index is 0.353. The van der Waals surface area contributed by atoms with Crippen molar-refractivity contribution in [3.63, 3.8) is 0 Å². The summed E-state index contributed by atoms with van der Waals surface area (Å²) in [5.41, 5.74) is 1.68. The molecule has 1 aromatic carbocycles. The van der Waals surface area contributed by atoms with Crippen LogP contribution in [0, 0.1) is 0 Å². The van der Waals surface area contributed by atoms with Gasteiger partial charge < -0.3 is 14.5 Å². The molecular weight excluding hydrogens is 328 g/mol. The van der Waals surface area contributed by atoms with Gasteiger partial charge >= 0.3 is 5.97 Å². The highest BCUT2D eigenvalue weighted by Crippen LogP contribution is 2.35. The van der Waals surface area contributed by atoms with Gasteiger partial charge in [0.05, 0.1) is 23.9 Å². The van der Waals surface area contributed by atoms with E-state index in [-0.39, 0.29) is 0 Å². The van der Waals surface area contributed by atoms with E-state index in [2.05, 4.69) is 20.5 Å². The highest BCUT2D eigenvalue weighted by Gasteiger charge is 2.25. The van der Waals surface area contributed by atoms with Crippen molar-refractivity contribution < 1.29 is 13.9 Å². The Bertz CT molecular complexity index is 884. The van der Waals surface area contributed by atoms with E-state index in [1.165, 1.54) is 24.9 Å². The Hall–Kier alpha value is -2.48. The molecule has 0 aliphatic heterocycles. The summed E-state index contributed by atoms with van der Waals surface area (Å²) in [7, 11) is 1.35. The predicted molar refractivity (Wildman–Crippen MR) is 89.2 cm³/mol. The maximum atomic E-state index is 11.5. The van der Waals surface area contributed by atoms with Crippen LogP contribution in [0.1, 0.15) is 46.8 Å². The molecular formula is C16H16N4O3S. The monoisotopic (exact) mass is 344 g/mol. The summed E-state index contributed by atoms with van der Waals surface area (Å²) in [6.07, 6.45) is 3.52. The molecule has 0 saturated heterocycles. The van der Waals surface area contributed by atoms with E-state index in [0.717, 1.165) is 34.6 Å². The molecule has 1 saturated carbocycles. The van der Waals surface area contributed by atoms with Gasteiger partial charge in [0.25, 0.3) is 0 Å². The van der Waals surface area contributed by atoms with Crippen LogP contribution in [-0.4, -0.2) is 28.3 Å². The Kier molecular flexibility index (Phi) is 3.89. The molecule has 1 aliphatic carbocycles. The average Bonchev–Trinajstić information content (AvgIpc) is 3.16. The number of hydrogen-bond donors (Lipinski definition) is 1. The predicted octanol–water partition coefficient (Wildman–Crippen LogP) is 3.35. The summed E-state index contributed by atoms with van der Waals surface area (Å²) in [5, 5.41) is 11.8. The summed E-state index contributed by atoms with van der Waals surface area (Å²) >= 11 is 1.31. The lowest BCUT2D eigenvalue weighted by Crippen LogP contribution is -2.08. The molecule has 4 rings (SSSR count). The molecule has 8 heteroatoms. The number of carbonyl (C=O) groups is 1. The Morgan fingerprint density at radius 2 is 2.29 bits per heavy atom. The van der Waals surface area contributed by atoms with Gasteiger partial charge in [-0.3, -0.25) is 0 Å². The van der Waals surface area contributed by atoms with Crippen LogP contribution in [0.25, 0.3) is 10.2 Å². The van der Waals surface area contributed by atoms with Crippen LogP contribution in [0.15, 0.2) is 22.6 Å². The lowest BCUT2D eigenvalue weighted by molar-refractivity contribution is 0.0600. The number of nitrogens with zero attached hydrogens (tertiary/aromatic N) is 3. The van der Waals surface area contributed by atoms with E-state index in [4.69, 9.17) is 9.15 Å². The van der Waals surface area contributed by atoms with Crippen molar-refractivity contribution in [2.24, 2.45) is 0 Å². The SMILES string of the molecule is COC(=O)c1nc2ccc(NCc3nnc(C4CCC4)o3)cc2s1. The lowest BCUT2D eigenvalue weighted by Gasteiger charge is -2.20. The number of benzene rings is 1. The van der Waals surface area contributed by atoms with E-state index in [1.807, 2.05) is 18.2 Å². The lowest BCUT2D eigenvalue weighted by atomic mass is 9.85. The minimum Gasteiger partial charge on any atom is -0.464 e. The largest absolute Gasteiger partial charge is 0.464 e. The van der Waals surface area contributed by atoms with Crippen molar-refractivity contribution in [3.8, 4) is 0 Å². The Balaban J connectivity index is 1.45. The maximum absolute atomic E-state index is 11.5. The van der Waals surface area contributed by atoms with Crippen LogP contribution in [-0.2, 0) is 11.3 Å². The van der Waals surface area contributed by atoms with Gasteiger partial charge in [0, 0.05) is 11.6 Å². The molecule has 0 radical (unpaired) electrons. The molecule has 2 heterocycles. The third kappa shape index (κ3) is 2.84. The number of thiazole rings is 1. The van der Waals surface area contributed by atoms with E-state index < -0.39 is 5.97 Å². The number of esters is 1. The number of nitrogens with one attached hydrogen (secondary N) is 1. The van der Waals surface area contributed by atoms with Crippen molar-refractivity contribution in [1.29, 1.82) is 0 Å². The van der Waals surface area contributed by atoms with Crippen molar-refractivity contribution >= 4 is 33.2 Å². The van der Waals surface area contributed by atoms with Crippen LogP contribution in [0.4, 0.5) is 5.69 Å². The highest BCUT2D eigenvalue weighted by atomic mass is 32.1. The molecule has 1 N–H and O–H groups in total. The molecule has 0 atom stereocenters. The first kappa shape index (κ1) is 15.1. The van der Waals surface area contributed by atoms with Crippen LogP contribution in [0.5, 0.6) is 0 Å². The van der Waals surface area contributed by atoms with E-state index in [9.17, 15) is 4.79 Å². The third-order valence-electron chi connectivity index (χ3n) is 4.13. The Morgan fingerprint density at radius 1 is 1.42 bits per heavy atom. The second-order valence-corrected chi connectivity index (χ2v) is 6.74. The topological polar surface area (TPSA) is 90.1 Å². The van der Waals surface area contributed by atoms with Gasteiger partial charge in [-0.25, -0.2) is 9.78 Å². The Morgan fingerprint density at radius 3 is 3.04 bits per heavy atom. The van der Waals surface area contributed by atoms with Crippen LogP contribution >= 0.6 is 11.3 Å². The molecule has 1 fully saturated rings. The summed E-state index contributed by atoms with van der Waals surface area (Å²) in [6, 6.07) is 5.73. The van der Waals surface area contributed by atoms with Crippen LogP contribution < -0.4 is 5.32 Å². The first-order chi connectivity index (χ1) is 11.7. The number of carbonyl (C=O) groups excluding carboxylic acids is 1. The molecule has 0 bridgehead atoms. The fourth-order valence-corrected chi connectivity index (χ4v) is 3.47. The zero-order valence-corrected chi connectivity index (χ0v) is 13.9. The molecule has 1 aliphatic rings. The average molecular weight is 344 g/mol. The van der Waals surface area contributed by atoms with Gasteiger partial charge in [-0.05, 0) is 31.0 Å². The standard InChI is InChI=1S/C16H16N4O3S/c1-22-16(21)15-18-11-6-5-10(7-12(11)24-15)17-8-13-19-20-14(23-13)9-3-2-4-9/h5-7,9,17H,2-4,8H2,1H3. The minimum atomic E-state index is -0.417. The number of anilines is 1. The van der Waals surface area contributed by atoms with Crippen LogP contribution in [0.2, 0.25) is 0 Å². The molecule has 2 aromatic heterocycles. The van der Waals surface area contributed by atoms with Gasteiger partial charge in [-0.15, -0.1) is 21.5 Å². The fraction of sp³-hybridized carbons (Fsp3) is 0.375. The van der Waals surface area contributed by atoms with Crippen molar-refractivity contribution in [3.05, 3.63) is 35.0 Å². The smallest absolute Gasteiger partial charge is 0.367 e. The molecule has 124 valence electrons. The number of hydrogen-bond acceptors (Lipinski definition) is 8. The molecule has 3 aromatic rings. The summed E-state index contributed by atoms with van der Waals surface area (Å²) < 4.78 is 11.3. The second kappa shape index (κ2) is 6.20. The summed E-state index contributed by atoms with van der Waals surface area (Å²) in [6.45, 7) is 0.466. The van der Waals surface area contributed by atoms with E-state index in [1.54, 1.807) is 0 Å². The maximum Gasteiger partial charge on any atom is 0.367 e. The normalized spacial score (nSPS) is 14.5. The number of ether oxygens (including phenoxy) is 1. The molecule has 7 nitrogen and oxygen atoms in total. The quantitative estimate of drug-likeness (QED) is 0.710. The first-order valence-electron chi connectivity index (χ1n) is 7.78. The van der Waals surface area contributed by atoms with E-state index in [0.29, 0.717) is 23.4 Å². The van der Waals surface area contributed by atoms with Crippen molar-refractivity contribution in [2.45, 2.75) is 31.7 Å². The van der Waals surface area contributed by atoms with Gasteiger partial charge in [0.15, 0.2) is 0 Å². The zero-order valence-electron chi connectivity index (χ0n) is 13.1. The summed E-state index contributed by atoms with van der Waals surface area (Å²) in [5.74, 6) is 1.35. The first-order valence-corrected chi connectivity index (χ1v) is 8.59.